The van der Waals surface area contributed by atoms with Crippen molar-refractivity contribution in [1.82, 2.24) is 19.6 Å². The van der Waals surface area contributed by atoms with Crippen LogP contribution in [-0.4, -0.2) is 37.2 Å². The highest BCUT2D eigenvalue weighted by Crippen LogP contribution is 2.32. The number of benzene rings is 1. The zero-order valence-electron chi connectivity index (χ0n) is 15.4. The topological polar surface area (TPSA) is 108 Å². The summed E-state index contributed by atoms with van der Waals surface area (Å²) in [4.78, 5) is 11.8. The van der Waals surface area contributed by atoms with Crippen molar-refractivity contribution < 1.29 is 14.6 Å². The van der Waals surface area contributed by atoms with Gasteiger partial charge in [0.15, 0.2) is 5.75 Å². The first-order valence-electron chi connectivity index (χ1n) is 8.89. The molecule has 0 atom stereocenters. The van der Waals surface area contributed by atoms with E-state index in [0.29, 0.717) is 42.1 Å². The van der Waals surface area contributed by atoms with Crippen LogP contribution in [-0.2, 0) is 19.4 Å². The summed E-state index contributed by atoms with van der Waals surface area (Å²) in [6.45, 7) is 4.40. The number of carbonyl (C=O) groups excluding carboxylic acids is 1. The highest BCUT2D eigenvalue weighted by atomic mass is 16.5. The fourth-order valence-corrected chi connectivity index (χ4v) is 2.96. The number of ether oxygens (including phenoxy) is 1. The molecule has 0 fully saturated rings. The van der Waals surface area contributed by atoms with Gasteiger partial charge in [-0.3, -0.25) is 9.48 Å². The number of nitrogens with zero attached hydrogens (tertiary/aromatic N) is 4. The summed E-state index contributed by atoms with van der Waals surface area (Å²) in [5, 5.41) is 18.0. The molecule has 8 nitrogen and oxygen atoms in total. The number of hydrogen-bond donors (Lipinski definition) is 2. The average molecular weight is 369 g/mol. The van der Waals surface area contributed by atoms with Crippen LogP contribution in [0.4, 0.5) is 0 Å². The van der Waals surface area contributed by atoms with Crippen molar-refractivity contribution in [3.63, 3.8) is 0 Å². The molecule has 0 saturated carbocycles. The molecule has 1 amide bonds. The van der Waals surface area contributed by atoms with E-state index in [1.54, 1.807) is 46.0 Å². The van der Waals surface area contributed by atoms with E-state index in [9.17, 15) is 9.90 Å². The Bertz CT molecular complexity index is 931. The van der Waals surface area contributed by atoms with Crippen LogP contribution >= 0.6 is 0 Å². The minimum absolute atomic E-state index is 0.00210. The number of rotatable bonds is 8. The molecule has 2 heterocycles. The van der Waals surface area contributed by atoms with E-state index in [1.807, 2.05) is 13.8 Å². The molecule has 0 bridgehead atoms. The van der Waals surface area contributed by atoms with Crippen molar-refractivity contribution >= 4 is 5.91 Å². The number of carbonyl (C=O) groups is 1. The summed E-state index contributed by atoms with van der Waals surface area (Å²) in [5.74, 6) is 0.586. The normalized spacial score (nSPS) is 10.9. The Morgan fingerprint density at radius 2 is 2.07 bits per heavy atom. The lowest BCUT2D eigenvalue weighted by molar-refractivity contribution is 0.1000. The van der Waals surface area contributed by atoms with E-state index in [4.69, 9.17) is 10.5 Å². The lowest BCUT2D eigenvalue weighted by atomic mass is 10.1. The molecule has 0 unspecified atom stereocenters. The van der Waals surface area contributed by atoms with Crippen LogP contribution in [0.3, 0.4) is 0 Å². The van der Waals surface area contributed by atoms with Gasteiger partial charge in [-0.25, -0.2) is 4.68 Å². The number of aliphatic hydroxyl groups excluding tert-OH is 1. The monoisotopic (exact) mass is 369 g/mol. The second-order valence-electron chi connectivity index (χ2n) is 6.01. The molecule has 0 aliphatic carbocycles. The van der Waals surface area contributed by atoms with Gasteiger partial charge >= 0.3 is 0 Å². The van der Waals surface area contributed by atoms with Crippen LogP contribution in [0.2, 0.25) is 0 Å². The lowest BCUT2D eigenvalue weighted by Gasteiger charge is -2.12. The summed E-state index contributed by atoms with van der Waals surface area (Å²) < 4.78 is 9.56. The fourth-order valence-electron chi connectivity index (χ4n) is 2.96. The molecule has 0 radical (unpaired) electrons. The quantitative estimate of drug-likeness (QED) is 0.632. The van der Waals surface area contributed by atoms with Crippen LogP contribution in [0.15, 0.2) is 36.7 Å². The molecular formula is C19H23N5O3. The summed E-state index contributed by atoms with van der Waals surface area (Å²) in [6, 6.07) is 6.86. The second-order valence-corrected chi connectivity index (χ2v) is 6.01. The zero-order chi connectivity index (χ0) is 19.4. The Balaban J connectivity index is 2.06. The largest absolute Gasteiger partial charge is 0.453 e. The SMILES string of the molecule is CCc1nn(CCO)c(CC)c1Oc1cc(C(N)=O)cc(-n2cccn2)c1. The minimum atomic E-state index is -0.545. The Morgan fingerprint density at radius 3 is 2.67 bits per heavy atom. The van der Waals surface area contributed by atoms with Crippen LogP contribution in [0.1, 0.15) is 35.6 Å². The number of aryl methyl sites for hydroxylation is 1. The maximum absolute atomic E-state index is 11.8. The molecule has 27 heavy (non-hydrogen) atoms. The highest BCUT2D eigenvalue weighted by molar-refractivity contribution is 5.93. The van der Waals surface area contributed by atoms with Gasteiger partial charge in [0.25, 0.3) is 0 Å². The standard InChI is InChI=1S/C19H23N5O3/c1-3-16-18(17(4-2)24(22-16)8-9-25)27-15-11-13(19(20)26)10-14(12-15)23-7-5-6-21-23/h5-7,10-12,25H,3-4,8-9H2,1-2H3,(H2,20,26). The molecule has 0 aliphatic heterocycles. The number of hydrogen-bond acceptors (Lipinski definition) is 5. The van der Waals surface area contributed by atoms with Crippen molar-refractivity contribution in [3.05, 3.63) is 53.6 Å². The molecule has 3 N–H and O–H groups in total. The fraction of sp³-hybridized carbons (Fsp3) is 0.316. The number of primary amides is 1. The summed E-state index contributed by atoms with van der Waals surface area (Å²) >= 11 is 0. The third kappa shape index (κ3) is 3.85. The molecule has 0 aliphatic rings. The van der Waals surface area contributed by atoms with Gasteiger partial charge < -0.3 is 15.6 Å². The van der Waals surface area contributed by atoms with Crippen molar-refractivity contribution in [2.24, 2.45) is 5.73 Å². The van der Waals surface area contributed by atoms with E-state index in [1.165, 1.54) is 0 Å². The highest BCUT2D eigenvalue weighted by Gasteiger charge is 2.19. The molecule has 1 aromatic carbocycles. The van der Waals surface area contributed by atoms with Gasteiger partial charge in [0.05, 0.1) is 24.5 Å². The molecule has 3 aromatic rings. The number of nitrogens with two attached hydrogens (primary N) is 1. The van der Waals surface area contributed by atoms with Crippen molar-refractivity contribution in [1.29, 1.82) is 0 Å². The molecule has 0 saturated heterocycles. The van der Waals surface area contributed by atoms with E-state index in [2.05, 4.69) is 10.2 Å². The van der Waals surface area contributed by atoms with E-state index in [0.717, 1.165) is 11.4 Å². The smallest absolute Gasteiger partial charge is 0.248 e. The molecule has 3 rings (SSSR count). The van der Waals surface area contributed by atoms with Gasteiger partial charge in [-0.05, 0) is 31.0 Å². The van der Waals surface area contributed by atoms with Gasteiger partial charge in [-0.2, -0.15) is 10.2 Å². The summed E-state index contributed by atoms with van der Waals surface area (Å²) in [6.07, 6.45) is 4.81. The Hall–Kier alpha value is -3.13. The van der Waals surface area contributed by atoms with E-state index >= 15 is 0 Å². The Labute approximate surface area is 157 Å². The molecular weight excluding hydrogens is 346 g/mol. The van der Waals surface area contributed by atoms with Gasteiger partial charge in [-0.15, -0.1) is 0 Å². The van der Waals surface area contributed by atoms with Crippen molar-refractivity contribution in [2.75, 3.05) is 6.61 Å². The Kier molecular flexibility index (Phi) is 5.56. The van der Waals surface area contributed by atoms with Crippen molar-refractivity contribution in [2.45, 2.75) is 33.2 Å². The molecule has 8 heteroatoms. The van der Waals surface area contributed by atoms with Crippen LogP contribution < -0.4 is 10.5 Å². The zero-order valence-corrected chi connectivity index (χ0v) is 15.4. The first kappa shape index (κ1) is 18.7. The number of aliphatic hydroxyl groups is 1. The number of amides is 1. The van der Waals surface area contributed by atoms with Crippen LogP contribution in [0, 0.1) is 0 Å². The molecule has 2 aromatic heterocycles. The van der Waals surface area contributed by atoms with Gasteiger partial charge in [0.2, 0.25) is 5.91 Å². The predicted molar refractivity (Wildman–Crippen MR) is 100 cm³/mol. The lowest BCUT2D eigenvalue weighted by Crippen LogP contribution is -2.12. The van der Waals surface area contributed by atoms with Crippen LogP contribution in [0.5, 0.6) is 11.5 Å². The minimum Gasteiger partial charge on any atom is -0.453 e. The first-order valence-corrected chi connectivity index (χ1v) is 8.89. The Morgan fingerprint density at radius 1 is 1.26 bits per heavy atom. The average Bonchev–Trinajstić information content (AvgIpc) is 3.30. The van der Waals surface area contributed by atoms with E-state index < -0.39 is 5.91 Å². The first-order chi connectivity index (χ1) is 13.1. The van der Waals surface area contributed by atoms with Gasteiger partial charge in [-0.1, -0.05) is 13.8 Å². The van der Waals surface area contributed by atoms with Crippen molar-refractivity contribution in [3.8, 4) is 17.2 Å². The third-order valence-electron chi connectivity index (χ3n) is 4.22. The van der Waals surface area contributed by atoms with E-state index in [-0.39, 0.29) is 6.61 Å². The maximum Gasteiger partial charge on any atom is 0.248 e. The second kappa shape index (κ2) is 8.05. The maximum atomic E-state index is 11.8. The molecule has 0 spiro atoms. The van der Waals surface area contributed by atoms with Gasteiger partial charge in [0, 0.05) is 24.0 Å². The predicted octanol–water partition coefficient (Wildman–Crippen LogP) is 2.08. The number of aromatic nitrogens is 4. The van der Waals surface area contributed by atoms with Crippen LogP contribution in [0.25, 0.3) is 5.69 Å². The summed E-state index contributed by atoms with van der Waals surface area (Å²) in [5.41, 5.74) is 8.18. The molecule has 142 valence electrons. The summed E-state index contributed by atoms with van der Waals surface area (Å²) in [7, 11) is 0. The van der Waals surface area contributed by atoms with Gasteiger partial charge in [0.1, 0.15) is 11.4 Å². The third-order valence-corrected chi connectivity index (χ3v) is 4.22.